The van der Waals surface area contributed by atoms with Crippen molar-refractivity contribution in [2.75, 3.05) is 0 Å². The van der Waals surface area contributed by atoms with E-state index in [1.165, 1.54) is 0 Å². The highest BCUT2D eigenvalue weighted by Crippen LogP contribution is 2.44. The van der Waals surface area contributed by atoms with E-state index in [2.05, 4.69) is 49.8 Å². The van der Waals surface area contributed by atoms with Crippen molar-refractivity contribution in [3.8, 4) is 0 Å². The van der Waals surface area contributed by atoms with Gasteiger partial charge in [0.2, 0.25) is 0 Å². The summed E-state index contributed by atoms with van der Waals surface area (Å²) in [4.78, 5) is 0. The Labute approximate surface area is 112 Å². The Morgan fingerprint density at radius 3 is 2.47 bits per heavy atom. The fourth-order valence-electron chi connectivity index (χ4n) is 1.78. The fraction of sp³-hybridized carbons (Fsp3) is 0.833. The van der Waals surface area contributed by atoms with E-state index in [0.29, 0.717) is 0 Å². The number of fused-ring (bicyclic) bond motifs is 1. The molecule has 3 nitrogen and oxygen atoms in total. The summed E-state index contributed by atoms with van der Waals surface area (Å²) in [6.07, 6.45) is 1.39. The number of rotatable bonds is 2. The van der Waals surface area contributed by atoms with Gasteiger partial charge in [-0.2, -0.15) is 0 Å². The summed E-state index contributed by atoms with van der Waals surface area (Å²) in [5.41, 5.74) is 0. The zero-order valence-corrected chi connectivity index (χ0v) is 13.6. The maximum absolute atomic E-state index is 9.78. The van der Waals surface area contributed by atoms with Crippen LogP contribution in [-0.2, 0) is 9.16 Å². The van der Waals surface area contributed by atoms with Crippen molar-refractivity contribution in [2.24, 2.45) is 0 Å². The van der Waals surface area contributed by atoms with Crippen LogP contribution in [0.4, 0.5) is 0 Å². The van der Waals surface area contributed by atoms with Crippen LogP contribution in [0.2, 0.25) is 18.1 Å². The molecule has 0 aromatic heterocycles. The standard InChI is InChI=1S/C12H21BrO3Si/c1-12(2,3)17(4,5)16-8-6-7(13)9(14)11-10(8)15-11/h6,8-11,14H,1-5H3/t8-,9+,10+,11-/m1/s1. The van der Waals surface area contributed by atoms with Gasteiger partial charge < -0.3 is 14.3 Å². The average molecular weight is 321 g/mol. The molecule has 1 aliphatic heterocycles. The fourth-order valence-corrected chi connectivity index (χ4v) is 3.54. The molecule has 1 saturated heterocycles. The van der Waals surface area contributed by atoms with Crippen LogP contribution in [0.1, 0.15) is 20.8 Å². The molecule has 17 heavy (non-hydrogen) atoms. The van der Waals surface area contributed by atoms with Crippen molar-refractivity contribution < 1.29 is 14.3 Å². The molecule has 0 radical (unpaired) electrons. The first kappa shape index (κ1) is 13.7. The van der Waals surface area contributed by atoms with Gasteiger partial charge >= 0.3 is 0 Å². The predicted octanol–water partition coefficient (Wildman–Crippen LogP) is 2.80. The van der Waals surface area contributed by atoms with Gasteiger partial charge in [0.25, 0.3) is 0 Å². The number of epoxide rings is 1. The highest BCUT2D eigenvalue weighted by Gasteiger charge is 2.55. The SMILES string of the molecule is CC(C)(C)[Si](C)(C)O[C@@H]1C=C(Br)[C@H](O)[C@H]2O[C@H]21. The normalized spacial score (nSPS) is 37.5. The molecular formula is C12H21BrO3Si. The summed E-state index contributed by atoms with van der Waals surface area (Å²) in [5, 5.41) is 9.97. The first-order chi connectivity index (χ1) is 7.63. The minimum Gasteiger partial charge on any atom is -0.408 e. The summed E-state index contributed by atoms with van der Waals surface area (Å²) in [6, 6.07) is 0. The zero-order chi connectivity index (χ0) is 13.0. The Bertz CT molecular complexity index is 348. The third-order valence-corrected chi connectivity index (χ3v) is 9.25. The van der Waals surface area contributed by atoms with Crippen molar-refractivity contribution in [2.45, 2.75) is 63.3 Å². The summed E-state index contributed by atoms with van der Waals surface area (Å²) in [6.45, 7) is 11.1. The third kappa shape index (κ3) is 2.54. The lowest BCUT2D eigenvalue weighted by Gasteiger charge is -2.39. The van der Waals surface area contributed by atoms with Gasteiger partial charge in [-0.05, 0) is 24.2 Å². The minimum absolute atomic E-state index is 0.0151. The zero-order valence-electron chi connectivity index (χ0n) is 11.0. The Kier molecular flexibility index (Phi) is 3.37. The largest absolute Gasteiger partial charge is 0.408 e. The number of aliphatic hydroxyl groups is 1. The monoisotopic (exact) mass is 320 g/mol. The molecule has 1 heterocycles. The second-order valence-electron chi connectivity index (χ2n) is 6.40. The van der Waals surface area contributed by atoms with Crippen LogP contribution in [-0.4, -0.2) is 37.8 Å². The van der Waals surface area contributed by atoms with Gasteiger partial charge in [0.15, 0.2) is 8.32 Å². The van der Waals surface area contributed by atoms with Gasteiger partial charge in [-0.25, -0.2) is 0 Å². The molecule has 1 fully saturated rings. The number of halogens is 1. The maximum Gasteiger partial charge on any atom is 0.193 e. The molecule has 0 aromatic rings. The van der Waals surface area contributed by atoms with Gasteiger partial charge in [0.05, 0.1) is 6.10 Å². The van der Waals surface area contributed by atoms with Gasteiger partial charge in [-0.3, -0.25) is 0 Å². The molecule has 1 N–H and O–H groups in total. The lowest BCUT2D eigenvalue weighted by molar-refractivity contribution is 0.173. The van der Waals surface area contributed by atoms with Gasteiger partial charge in [-0.1, -0.05) is 36.7 Å². The molecule has 0 amide bonds. The predicted molar refractivity (Wildman–Crippen MR) is 73.7 cm³/mol. The lowest BCUT2D eigenvalue weighted by Crippen LogP contribution is -2.46. The van der Waals surface area contributed by atoms with Crippen molar-refractivity contribution >= 4 is 24.2 Å². The number of ether oxygens (including phenoxy) is 1. The lowest BCUT2D eigenvalue weighted by atomic mass is 10.0. The first-order valence-electron chi connectivity index (χ1n) is 6.02. The van der Waals surface area contributed by atoms with Gasteiger partial charge in [0.1, 0.15) is 18.3 Å². The Balaban J connectivity index is 2.11. The third-order valence-electron chi connectivity index (χ3n) is 4.04. The topological polar surface area (TPSA) is 42.0 Å². The van der Waals surface area contributed by atoms with Crippen molar-refractivity contribution in [1.82, 2.24) is 0 Å². The van der Waals surface area contributed by atoms with Crippen LogP contribution in [0, 0.1) is 0 Å². The van der Waals surface area contributed by atoms with Crippen LogP contribution in [0.15, 0.2) is 10.6 Å². The summed E-state index contributed by atoms with van der Waals surface area (Å²) in [5.74, 6) is 0. The van der Waals surface area contributed by atoms with Crippen molar-refractivity contribution in [3.63, 3.8) is 0 Å². The van der Waals surface area contributed by atoms with E-state index in [9.17, 15) is 5.11 Å². The molecular weight excluding hydrogens is 300 g/mol. The van der Waals surface area contributed by atoms with E-state index >= 15 is 0 Å². The molecule has 0 bridgehead atoms. The molecule has 0 saturated carbocycles. The average Bonchev–Trinajstić information content (AvgIpc) is 2.91. The molecule has 4 atom stereocenters. The van der Waals surface area contributed by atoms with Crippen molar-refractivity contribution in [3.05, 3.63) is 10.6 Å². The Morgan fingerprint density at radius 2 is 1.94 bits per heavy atom. The maximum atomic E-state index is 9.78. The van der Waals surface area contributed by atoms with E-state index in [1.54, 1.807) is 0 Å². The highest BCUT2D eigenvalue weighted by molar-refractivity contribution is 9.11. The molecule has 2 rings (SSSR count). The Hall–Kier alpha value is 0.317. The van der Waals surface area contributed by atoms with Gasteiger partial charge in [0, 0.05) is 4.48 Å². The van der Waals surface area contributed by atoms with Crippen LogP contribution in [0.25, 0.3) is 0 Å². The second kappa shape index (κ2) is 4.16. The quantitative estimate of drug-likeness (QED) is 0.628. The molecule has 0 aromatic carbocycles. The summed E-state index contributed by atoms with van der Waals surface area (Å²) in [7, 11) is -1.79. The van der Waals surface area contributed by atoms with Crippen LogP contribution in [0.5, 0.6) is 0 Å². The Morgan fingerprint density at radius 1 is 1.35 bits per heavy atom. The first-order valence-corrected chi connectivity index (χ1v) is 9.72. The summed E-state index contributed by atoms with van der Waals surface area (Å²) < 4.78 is 12.6. The van der Waals surface area contributed by atoms with E-state index < -0.39 is 14.4 Å². The van der Waals surface area contributed by atoms with E-state index in [0.717, 1.165) is 4.48 Å². The van der Waals surface area contributed by atoms with Crippen LogP contribution >= 0.6 is 15.9 Å². The smallest absolute Gasteiger partial charge is 0.193 e. The van der Waals surface area contributed by atoms with E-state index in [1.807, 2.05) is 6.08 Å². The van der Waals surface area contributed by atoms with Crippen LogP contribution in [0.3, 0.4) is 0 Å². The second-order valence-corrected chi connectivity index (χ2v) is 12.1. The van der Waals surface area contributed by atoms with Crippen LogP contribution < -0.4 is 0 Å². The highest BCUT2D eigenvalue weighted by atomic mass is 79.9. The van der Waals surface area contributed by atoms with Crippen molar-refractivity contribution in [1.29, 1.82) is 0 Å². The van der Waals surface area contributed by atoms with E-state index in [-0.39, 0.29) is 23.4 Å². The molecule has 0 spiro atoms. The number of hydrogen-bond donors (Lipinski definition) is 1. The molecule has 1 aliphatic carbocycles. The van der Waals surface area contributed by atoms with Gasteiger partial charge in [-0.15, -0.1) is 0 Å². The molecule has 5 heteroatoms. The molecule has 0 unspecified atom stereocenters. The minimum atomic E-state index is -1.79. The summed E-state index contributed by atoms with van der Waals surface area (Å²) >= 11 is 3.39. The molecule has 2 aliphatic rings. The van der Waals surface area contributed by atoms with E-state index in [4.69, 9.17) is 9.16 Å². The number of hydrogen-bond acceptors (Lipinski definition) is 3. The molecule has 98 valence electrons. The number of aliphatic hydroxyl groups excluding tert-OH is 1.